The van der Waals surface area contributed by atoms with E-state index in [9.17, 15) is 4.79 Å². The Morgan fingerprint density at radius 2 is 1.97 bits per heavy atom. The number of benzene rings is 2. The van der Waals surface area contributed by atoms with E-state index in [1.165, 1.54) is 0 Å². The Balaban J connectivity index is 1.93. The second-order valence-electron chi connectivity index (χ2n) is 8.55. The van der Waals surface area contributed by atoms with Crippen LogP contribution in [-0.2, 0) is 9.53 Å². The van der Waals surface area contributed by atoms with Crippen molar-refractivity contribution in [3.63, 3.8) is 0 Å². The average Bonchev–Trinajstić information content (AvgIpc) is 3.41. The van der Waals surface area contributed by atoms with Crippen molar-refractivity contribution in [1.82, 2.24) is 5.32 Å². The smallest absolute Gasteiger partial charge is 0.248 e. The number of methoxy groups -OCH3 is 1. The molecule has 0 radical (unpaired) electrons. The van der Waals surface area contributed by atoms with Gasteiger partial charge >= 0.3 is 0 Å². The number of carbonyl (C=O) groups excluding carboxylic acids is 1. The minimum absolute atomic E-state index is 0.151. The molecule has 0 aliphatic carbocycles. The summed E-state index contributed by atoms with van der Waals surface area (Å²) >= 11 is 0. The molecule has 0 saturated heterocycles. The summed E-state index contributed by atoms with van der Waals surface area (Å²) in [6.45, 7) is 4.80. The minimum Gasteiger partial charge on any atom is -0.469 e. The molecule has 1 aliphatic heterocycles. The largest absolute Gasteiger partial charge is 0.469 e. The molecule has 2 aromatic carbocycles. The van der Waals surface area contributed by atoms with Gasteiger partial charge < -0.3 is 14.5 Å². The summed E-state index contributed by atoms with van der Waals surface area (Å²) in [6.07, 6.45) is 1.64. The second kappa shape index (κ2) is 10.3. The highest BCUT2D eigenvalue weighted by Crippen LogP contribution is 2.44. The summed E-state index contributed by atoms with van der Waals surface area (Å²) in [6, 6.07) is 16.0. The first-order chi connectivity index (χ1) is 16.3. The van der Waals surface area contributed by atoms with Crippen LogP contribution in [0.3, 0.4) is 0 Å². The molecular weight excluding hydrogens is 483 g/mol. The molecule has 0 saturated carbocycles. The molecule has 0 bridgehead atoms. The first-order valence-electron chi connectivity index (χ1n) is 11.0. The SMILES string of the molecule is COCCNC(=O)C1(C)C(c2ccco2)C(c2ccc(C)cc2P)=NN1c1ccc(P)cc1P. The number of carbonyl (C=O) groups is 1. The summed E-state index contributed by atoms with van der Waals surface area (Å²) in [7, 11) is 9.90. The van der Waals surface area contributed by atoms with Gasteiger partial charge in [-0.25, -0.2) is 5.01 Å². The zero-order valence-electron chi connectivity index (χ0n) is 19.5. The Morgan fingerprint density at radius 3 is 2.62 bits per heavy atom. The van der Waals surface area contributed by atoms with Gasteiger partial charge in [0.2, 0.25) is 5.91 Å². The molecule has 2 heterocycles. The molecule has 0 fully saturated rings. The summed E-state index contributed by atoms with van der Waals surface area (Å²) < 4.78 is 11.1. The van der Waals surface area contributed by atoms with Crippen LogP contribution in [-0.4, -0.2) is 37.4 Å². The Kier molecular flexibility index (Phi) is 7.55. The van der Waals surface area contributed by atoms with E-state index < -0.39 is 11.5 Å². The highest BCUT2D eigenvalue weighted by molar-refractivity contribution is 7.29. The number of hydrogen-bond donors (Lipinski definition) is 1. The van der Waals surface area contributed by atoms with E-state index >= 15 is 0 Å². The normalized spacial score (nSPS) is 19.9. The van der Waals surface area contributed by atoms with Crippen LogP contribution < -0.4 is 26.2 Å². The van der Waals surface area contributed by atoms with Crippen molar-refractivity contribution in [3.05, 3.63) is 71.7 Å². The fourth-order valence-corrected chi connectivity index (χ4v) is 5.78. The van der Waals surface area contributed by atoms with Crippen molar-refractivity contribution in [2.24, 2.45) is 5.10 Å². The van der Waals surface area contributed by atoms with Crippen LogP contribution in [0.2, 0.25) is 0 Å². The van der Waals surface area contributed by atoms with Crippen LogP contribution in [0.4, 0.5) is 5.69 Å². The third kappa shape index (κ3) is 4.58. The van der Waals surface area contributed by atoms with Crippen LogP contribution >= 0.6 is 27.7 Å². The molecule has 9 heteroatoms. The zero-order valence-corrected chi connectivity index (χ0v) is 23.0. The summed E-state index contributed by atoms with van der Waals surface area (Å²) in [5.41, 5.74) is 2.65. The number of nitrogens with zero attached hydrogens (tertiary/aromatic N) is 2. The van der Waals surface area contributed by atoms with Gasteiger partial charge in [0.05, 0.1) is 30.2 Å². The van der Waals surface area contributed by atoms with Crippen molar-refractivity contribution in [3.8, 4) is 0 Å². The maximum atomic E-state index is 13.9. The first-order valence-corrected chi connectivity index (χ1v) is 12.7. The number of aryl methyl sites for hydroxylation is 1. The number of hydrazone groups is 1. The molecule has 1 N–H and O–H groups in total. The molecule has 1 aromatic heterocycles. The van der Waals surface area contributed by atoms with Crippen LogP contribution in [0.15, 0.2) is 64.3 Å². The fraction of sp³-hybridized carbons (Fsp3) is 0.280. The van der Waals surface area contributed by atoms with Gasteiger partial charge in [-0.15, -0.1) is 27.7 Å². The zero-order chi connectivity index (χ0) is 24.5. The molecule has 5 unspecified atom stereocenters. The van der Waals surface area contributed by atoms with Gasteiger partial charge in [-0.1, -0.05) is 29.8 Å². The highest BCUT2D eigenvalue weighted by Gasteiger charge is 2.56. The fourth-order valence-electron chi connectivity index (χ4n) is 4.39. The Morgan fingerprint density at radius 1 is 1.18 bits per heavy atom. The standard InChI is InChI=1S/C25H30N3O3P3/c1-15-6-8-17(20(33)13-15)23-22(19-5-4-11-31-19)25(2,24(29)26-10-12-30-3)28(27-23)18-9-7-16(32)14-21(18)34/h4-9,11,13-14,22H,10,12,32-34H2,1-3H3,(H,26,29). The number of anilines is 1. The van der Waals surface area contributed by atoms with E-state index in [1.54, 1.807) is 13.4 Å². The molecular formula is C25H30N3O3P3. The lowest BCUT2D eigenvalue weighted by Crippen LogP contribution is -2.58. The van der Waals surface area contributed by atoms with E-state index in [0.29, 0.717) is 18.9 Å². The third-order valence-corrected chi connectivity index (χ3v) is 7.42. The summed E-state index contributed by atoms with van der Waals surface area (Å²) in [5.74, 6) is 0.0946. The second-order valence-corrected chi connectivity index (χ2v) is 10.5. The highest BCUT2D eigenvalue weighted by atomic mass is 31.0. The van der Waals surface area contributed by atoms with Gasteiger partial charge in [-0.2, -0.15) is 5.10 Å². The molecule has 178 valence electrons. The van der Waals surface area contributed by atoms with Crippen LogP contribution in [0.5, 0.6) is 0 Å². The maximum absolute atomic E-state index is 13.9. The molecule has 4 rings (SSSR count). The van der Waals surface area contributed by atoms with Crippen molar-refractivity contribution in [2.75, 3.05) is 25.3 Å². The molecule has 5 atom stereocenters. The summed E-state index contributed by atoms with van der Waals surface area (Å²) in [5, 5.41) is 13.0. The third-order valence-electron chi connectivity index (χ3n) is 6.13. The number of furan rings is 1. The van der Waals surface area contributed by atoms with Crippen LogP contribution in [0.25, 0.3) is 0 Å². The molecule has 34 heavy (non-hydrogen) atoms. The molecule has 3 aromatic rings. The van der Waals surface area contributed by atoms with Gasteiger partial charge in [-0.05, 0) is 54.0 Å². The lowest BCUT2D eigenvalue weighted by molar-refractivity contribution is -0.126. The Hall–Kier alpha value is -2.09. The van der Waals surface area contributed by atoms with Crippen LogP contribution in [0, 0.1) is 6.92 Å². The number of rotatable bonds is 7. The van der Waals surface area contributed by atoms with Crippen molar-refractivity contribution in [2.45, 2.75) is 25.3 Å². The predicted octanol–water partition coefficient (Wildman–Crippen LogP) is 2.62. The van der Waals surface area contributed by atoms with Gasteiger partial charge in [0.1, 0.15) is 5.76 Å². The van der Waals surface area contributed by atoms with Gasteiger partial charge in [0.25, 0.3) is 0 Å². The van der Waals surface area contributed by atoms with E-state index in [0.717, 1.165) is 38.4 Å². The quantitative estimate of drug-likeness (QED) is 0.390. The van der Waals surface area contributed by atoms with E-state index in [1.807, 2.05) is 42.3 Å². The number of amides is 1. The predicted molar refractivity (Wildman–Crippen MR) is 149 cm³/mol. The monoisotopic (exact) mass is 513 g/mol. The lowest BCUT2D eigenvalue weighted by atomic mass is 9.78. The molecule has 6 nitrogen and oxygen atoms in total. The molecule has 1 amide bonds. The van der Waals surface area contributed by atoms with E-state index in [2.05, 4.69) is 58.2 Å². The number of ether oxygens (including phenoxy) is 1. The summed E-state index contributed by atoms with van der Waals surface area (Å²) in [4.78, 5) is 13.9. The van der Waals surface area contributed by atoms with E-state index in [4.69, 9.17) is 14.3 Å². The molecule has 1 aliphatic rings. The van der Waals surface area contributed by atoms with Crippen molar-refractivity contribution >= 4 is 60.9 Å². The average molecular weight is 513 g/mol. The lowest BCUT2D eigenvalue weighted by Gasteiger charge is -2.37. The molecule has 0 spiro atoms. The maximum Gasteiger partial charge on any atom is 0.248 e. The van der Waals surface area contributed by atoms with Crippen molar-refractivity contribution < 1.29 is 13.9 Å². The number of hydrogen-bond acceptors (Lipinski definition) is 5. The van der Waals surface area contributed by atoms with Gasteiger partial charge in [-0.3, -0.25) is 4.79 Å². The van der Waals surface area contributed by atoms with Crippen molar-refractivity contribution in [1.29, 1.82) is 0 Å². The minimum atomic E-state index is -1.09. The first kappa shape index (κ1) is 25.0. The topological polar surface area (TPSA) is 67.1 Å². The van der Waals surface area contributed by atoms with Crippen LogP contribution in [0.1, 0.15) is 29.7 Å². The van der Waals surface area contributed by atoms with Gasteiger partial charge in [0, 0.05) is 19.2 Å². The Bertz CT molecular complexity index is 1230. The van der Waals surface area contributed by atoms with E-state index in [-0.39, 0.29) is 5.91 Å². The number of nitrogens with one attached hydrogen (secondary N) is 1. The Labute approximate surface area is 207 Å². The van der Waals surface area contributed by atoms with Gasteiger partial charge in [0.15, 0.2) is 5.54 Å².